The third-order valence-electron chi connectivity index (χ3n) is 2.52. The monoisotopic (exact) mass is 281 g/mol. The lowest BCUT2D eigenvalue weighted by Gasteiger charge is -2.30. The molecule has 0 aromatic rings. The van der Waals surface area contributed by atoms with Crippen LogP contribution in [0.25, 0.3) is 0 Å². The van der Waals surface area contributed by atoms with Crippen LogP contribution >= 0.6 is 0 Å². The van der Waals surface area contributed by atoms with Crippen molar-refractivity contribution in [2.75, 3.05) is 32.7 Å². The molecule has 0 aromatic heterocycles. The number of hydrogen-bond donors (Lipinski definition) is 2. The Bertz CT molecular complexity index is 320. The molecule has 0 fully saturated rings. The van der Waals surface area contributed by atoms with Crippen LogP contribution in [0.1, 0.15) is 20.8 Å². The first-order valence-corrected chi connectivity index (χ1v) is 6.81. The van der Waals surface area contributed by atoms with Crippen molar-refractivity contribution in [1.82, 2.24) is 15.5 Å². The Hall–Kier alpha value is -1.62. The van der Waals surface area contributed by atoms with Gasteiger partial charge in [0.2, 0.25) is 11.8 Å². The Morgan fingerprint density at radius 2 is 1.40 bits per heavy atom. The number of carbonyl (C=O) groups excluding carboxylic acids is 2. The maximum Gasteiger partial charge on any atom is 0.243 e. The third kappa shape index (κ3) is 10.3. The van der Waals surface area contributed by atoms with Crippen molar-refractivity contribution >= 4 is 11.8 Å². The summed E-state index contributed by atoms with van der Waals surface area (Å²) in [5.74, 6) is -0.332. The molecular weight excluding hydrogens is 254 g/mol. The smallest absolute Gasteiger partial charge is 0.243 e. The van der Waals surface area contributed by atoms with Gasteiger partial charge in [0, 0.05) is 32.7 Å². The highest BCUT2D eigenvalue weighted by Crippen LogP contribution is 2.14. The lowest BCUT2D eigenvalue weighted by Crippen LogP contribution is -2.42. The number of carbonyl (C=O) groups is 2. The molecule has 0 atom stereocenters. The molecule has 0 unspecified atom stereocenters. The molecule has 0 saturated carbocycles. The van der Waals surface area contributed by atoms with Crippen LogP contribution in [-0.2, 0) is 9.59 Å². The third-order valence-corrected chi connectivity index (χ3v) is 2.52. The van der Waals surface area contributed by atoms with E-state index >= 15 is 0 Å². The molecule has 0 rings (SSSR count). The Balaban J connectivity index is 4.19. The van der Waals surface area contributed by atoms with Crippen LogP contribution in [0.5, 0.6) is 0 Å². The highest BCUT2D eigenvalue weighted by atomic mass is 16.2. The first-order chi connectivity index (χ1) is 9.28. The van der Waals surface area contributed by atoms with E-state index in [0.29, 0.717) is 13.1 Å². The molecule has 114 valence electrons. The van der Waals surface area contributed by atoms with Gasteiger partial charge in [-0.1, -0.05) is 33.9 Å². The van der Waals surface area contributed by atoms with Crippen molar-refractivity contribution in [3.05, 3.63) is 25.3 Å². The van der Waals surface area contributed by atoms with E-state index in [1.54, 1.807) is 0 Å². The molecule has 0 saturated heterocycles. The molecule has 5 heteroatoms. The minimum absolute atomic E-state index is 0.158. The zero-order chi connectivity index (χ0) is 15.6. The lowest BCUT2D eigenvalue weighted by molar-refractivity contribution is -0.117. The highest BCUT2D eigenvalue weighted by Gasteiger charge is 2.16. The predicted molar refractivity (Wildman–Crippen MR) is 82.3 cm³/mol. The van der Waals surface area contributed by atoms with Crippen LogP contribution in [-0.4, -0.2) is 49.4 Å². The minimum atomic E-state index is -0.166. The first kappa shape index (κ1) is 18.4. The maximum atomic E-state index is 11.1. The minimum Gasteiger partial charge on any atom is -0.351 e. The summed E-state index contributed by atoms with van der Waals surface area (Å²) in [5.41, 5.74) is 0.158. The van der Waals surface area contributed by atoms with E-state index in [4.69, 9.17) is 0 Å². The van der Waals surface area contributed by atoms with Crippen molar-refractivity contribution in [3.63, 3.8) is 0 Å². The van der Waals surface area contributed by atoms with Gasteiger partial charge in [-0.3, -0.25) is 14.5 Å². The molecule has 0 bridgehead atoms. The molecule has 2 N–H and O–H groups in total. The summed E-state index contributed by atoms with van der Waals surface area (Å²) in [5, 5.41) is 5.51. The quantitative estimate of drug-likeness (QED) is 0.618. The summed E-state index contributed by atoms with van der Waals surface area (Å²) in [4.78, 5) is 24.4. The van der Waals surface area contributed by atoms with Gasteiger partial charge in [0.15, 0.2) is 0 Å². The van der Waals surface area contributed by atoms with Gasteiger partial charge in [-0.05, 0) is 17.6 Å². The normalized spacial score (nSPS) is 11.0. The van der Waals surface area contributed by atoms with Gasteiger partial charge in [-0.2, -0.15) is 0 Å². The summed E-state index contributed by atoms with van der Waals surface area (Å²) in [6, 6.07) is 0. The maximum absolute atomic E-state index is 11.1. The number of amides is 2. The van der Waals surface area contributed by atoms with E-state index < -0.39 is 0 Å². The van der Waals surface area contributed by atoms with E-state index in [1.165, 1.54) is 12.2 Å². The fourth-order valence-electron chi connectivity index (χ4n) is 1.76. The molecule has 0 aliphatic rings. The average Bonchev–Trinajstić information content (AvgIpc) is 2.36. The summed E-state index contributed by atoms with van der Waals surface area (Å²) in [6.45, 7) is 16.8. The summed E-state index contributed by atoms with van der Waals surface area (Å²) in [6.07, 6.45) is 2.52. The van der Waals surface area contributed by atoms with Gasteiger partial charge in [-0.25, -0.2) is 0 Å². The molecule has 0 aromatic carbocycles. The first-order valence-electron chi connectivity index (χ1n) is 6.81. The molecule has 5 nitrogen and oxygen atoms in total. The van der Waals surface area contributed by atoms with Gasteiger partial charge in [0.1, 0.15) is 0 Å². The van der Waals surface area contributed by atoms with Gasteiger partial charge >= 0.3 is 0 Å². The molecule has 0 aliphatic carbocycles. The van der Waals surface area contributed by atoms with Crippen LogP contribution < -0.4 is 10.6 Å². The van der Waals surface area contributed by atoms with E-state index in [1.807, 2.05) is 0 Å². The molecule has 0 radical (unpaired) electrons. The largest absolute Gasteiger partial charge is 0.351 e. The van der Waals surface area contributed by atoms with Crippen molar-refractivity contribution in [3.8, 4) is 0 Å². The van der Waals surface area contributed by atoms with Crippen molar-refractivity contribution in [2.24, 2.45) is 5.41 Å². The molecule has 0 spiro atoms. The van der Waals surface area contributed by atoms with Gasteiger partial charge in [0.05, 0.1) is 0 Å². The van der Waals surface area contributed by atoms with Crippen LogP contribution in [0.3, 0.4) is 0 Å². The van der Waals surface area contributed by atoms with E-state index in [0.717, 1.165) is 19.6 Å². The summed E-state index contributed by atoms with van der Waals surface area (Å²) < 4.78 is 0. The Kier molecular flexibility index (Phi) is 8.56. The van der Waals surface area contributed by atoms with E-state index in [2.05, 4.69) is 49.5 Å². The second kappa shape index (κ2) is 9.31. The topological polar surface area (TPSA) is 61.4 Å². The van der Waals surface area contributed by atoms with Crippen molar-refractivity contribution < 1.29 is 9.59 Å². The highest BCUT2D eigenvalue weighted by molar-refractivity contribution is 5.87. The molecule has 20 heavy (non-hydrogen) atoms. The SMILES string of the molecule is C=CC(=O)NCCN(CCNC(=O)C=C)CC(C)(C)C. The van der Waals surface area contributed by atoms with E-state index in [-0.39, 0.29) is 17.2 Å². The van der Waals surface area contributed by atoms with Gasteiger partial charge < -0.3 is 10.6 Å². The molecular formula is C15H27N3O2. The second-order valence-corrected chi connectivity index (χ2v) is 5.83. The van der Waals surface area contributed by atoms with E-state index in [9.17, 15) is 9.59 Å². The zero-order valence-electron chi connectivity index (χ0n) is 12.9. The number of rotatable bonds is 9. The number of nitrogens with one attached hydrogen (secondary N) is 2. The molecule has 0 aliphatic heterocycles. The molecule has 2 amide bonds. The van der Waals surface area contributed by atoms with Crippen LogP contribution in [0.2, 0.25) is 0 Å². The second-order valence-electron chi connectivity index (χ2n) is 5.83. The average molecular weight is 281 g/mol. The van der Waals surface area contributed by atoms with Crippen molar-refractivity contribution in [2.45, 2.75) is 20.8 Å². The number of hydrogen-bond acceptors (Lipinski definition) is 3. The fourth-order valence-corrected chi connectivity index (χ4v) is 1.76. The Morgan fingerprint density at radius 1 is 1.00 bits per heavy atom. The van der Waals surface area contributed by atoms with Gasteiger partial charge in [-0.15, -0.1) is 0 Å². The van der Waals surface area contributed by atoms with Crippen molar-refractivity contribution in [1.29, 1.82) is 0 Å². The number of nitrogens with zero attached hydrogens (tertiary/aromatic N) is 1. The van der Waals surface area contributed by atoms with Crippen LogP contribution in [0.15, 0.2) is 25.3 Å². The Morgan fingerprint density at radius 3 is 1.70 bits per heavy atom. The predicted octanol–water partition coefficient (Wildman–Crippen LogP) is 0.939. The summed E-state index contributed by atoms with van der Waals surface area (Å²) >= 11 is 0. The lowest BCUT2D eigenvalue weighted by atomic mass is 9.96. The zero-order valence-corrected chi connectivity index (χ0v) is 12.9. The van der Waals surface area contributed by atoms with Crippen LogP contribution in [0, 0.1) is 5.41 Å². The van der Waals surface area contributed by atoms with Crippen LogP contribution in [0.4, 0.5) is 0 Å². The standard InChI is InChI=1S/C15H27N3O2/c1-6-13(19)16-8-10-18(12-15(3,4)5)11-9-17-14(20)7-2/h6-7H,1-2,8-12H2,3-5H3,(H,16,19)(H,17,20). The van der Waals surface area contributed by atoms with Gasteiger partial charge in [0.25, 0.3) is 0 Å². The Labute approximate surface area is 122 Å². The summed E-state index contributed by atoms with van der Waals surface area (Å²) in [7, 11) is 0. The molecule has 0 heterocycles. The fraction of sp³-hybridized carbons (Fsp3) is 0.600.